The van der Waals surface area contributed by atoms with Crippen molar-refractivity contribution in [2.24, 2.45) is 29.6 Å². The van der Waals surface area contributed by atoms with Crippen molar-refractivity contribution in [2.75, 3.05) is 34.5 Å². The Morgan fingerprint density at radius 2 is 1.42 bits per heavy atom. The van der Waals surface area contributed by atoms with Crippen LogP contribution in [0.1, 0.15) is 161 Å². The predicted molar refractivity (Wildman–Crippen MR) is 350 cm³/mol. The van der Waals surface area contributed by atoms with Gasteiger partial charge >= 0.3 is 5.97 Å². The van der Waals surface area contributed by atoms with E-state index in [1.54, 1.807) is 19.1 Å². The summed E-state index contributed by atoms with van der Waals surface area (Å²) in [5.41, 5.74) is 2.18. The number of carbonyl (C=O) groups is 2. The number of hydrogen-bond acceptors (Lipinski definition) is 12. The number of allylic oxidation sites excluding steroid dienone is 3. The predicted octanol–water partition coefficient (Wildman–Crippen LogP) is 13.8. The molecule has 15 atom stereocenters. The van der Waals surface area contributed by atoms with Gasteiger partial charge in [-0.1, -0.05) is 163 Å². The number of amides is 1. The zero-order valence-corrected chi connectivity index (χ0v) is 58.7. The molecular formula is C69H106INO12Si2. The SMILES string of the molecule is CC[Si](CC)(CC)O/C1=C2/O[C@H]([C@@H](OC)C[C@@H](C)C/C(C)=C\[C@H]3C[C@H](I)CO[C@@]34C[C@H](OC(C)(C)O4)[C@@H](C)[C@@H](/C(C)=C/[C@@H]3CC[C@@H](O[Si](c4ccccc4)(c4ccccc4)C(C)(C)C)[C@H](OC)C3)OC(=O)[C@@H]3CCCCN3C1=O)[C@@H](OC)C[C@H]2C. The third kappa shape index (κ3) is 15.1. The van der Waals surface area contributed by atoms with Crippen LogP contribution in [0.25, 0.3) is 0 Å². The Labute approximate surface area is 527 Å². The minimum atomic E-state index is -2.90. The molecule has 5 aliphatic heterocycles. The molecule has 0 N–H and O–H groups in total. The molecule has 5 heterocycles. The van der Waals surface area contributed by atoms with Gasteiger partial charge in [-0.3, -0.25) is 4.79 Å². The zero-order valence-electron chi connectivity index (χ0n) is 54.5. The van der Waals surface area contributed by atoms with E-state index in [4.69, 9.17) is 46.7 Å². The first-order valence-electron chi connectivity index (χ1n) is 32.4. The lowest BCUT2D eigenvalue weighted by Gasteiger charge is -2.54. The molecule has 0 aromatic heterocycles. The number of nitrogens with zero attached hydrogens (tertiary/aromatic N) is 1. The summed E-state index contributed by atoms with van der Waals surface area (Å²) in [7, 11) is -0.115. The van der Waals surface area contributed by atoms with Gasteiger partial charge in [0.25, 0.3) is 22.5 Å². The van der Waals surface area contributed by atoms with E-state index in [0.717, 1.165) is 68.7 Å². The van der Waals surface area contributed by atoms with Crippen molar-refractivity contribution in [1.82, 2.24) is 4.90 Å². The summed E-state index contributed by atoms with van der Waals surface area (Å²) < 4.78 is 70.0. The van der Waals surface area contributed by atoms with Crippen molar-refractivity contribution < 1.29 is 56.3 Å². The fraction of sp³-hybridized carbons (Fsp3) is 0.710. The van der Waals surface area contributed by atoms with Crippen LogP contribution in [0.2, 0.25) is 23.2 Å². The zero-order chi connectivity index (χ0) is 61.6. The first-order chi connectivity index (χ1) is 40.4. The quantitative estimate of drug-likeness (QED) is 0.0587. The highest BCUT2D eigenvalue weighted by Gasteiger charge is 2.57. The Hall–Kier alpha value is -2.92. The van der Waals surface area contributed by atoms with E-state index >= 15 is 9.59 Å². The third-order valence-corrected chi connectivity index (χ3v) is 30.6. The summed E-state index contributed by atoms with van der Waals surface area (Å²) in [6.45, 7) is 29.2. The van der Waals surface area contributed by atoms with Crippen molar-refractivity contribution in [3.63, 3.8) is 0 Å². The number of esters is 1. The minimum absolute atomic E-state index is 0.0792. The molecule has 474 valence electrons. The smallest absolute Gasteiger partial charge is 0.329 e. The molecule has 5 fully saturated rings. The number of piperidine rings is 1. The second kappa shape index (κ2) is 28.9. The van der Waals surface area contributed by atoms with Gasteiger partial charge in [-0.15, -0.1) is 0 Å². The Kier molecular flexibility index (Phi) is 23.1. The van der Waals surface area contributed by atoms with Gasteiger partial charge in [0.15, 0.2) is 17.7 Å². The van der Waals surface area contributed by atoms with Crippen LogP contribution in [0, 0.1) is 29.6 Å². The minimum Gasteiger partial charge on any atom is -0.538 e. The van der Waals surface area contributed by atoms with Crippen LogP contribution < -0.4 is 10.4 Å². The summed E-state index contributed by atoms with van der Waals surface area (Å²) in [6.07, 6.45) is 9.84. The van der Waals surface area contributed by atoms with Gasteiger partial charge in [-0.2, -0.15) is 0 Å². The second-order valence-corrected chi connectivity index (χ2v) is 38.3. The topological polar surface area (TPSA) is 130 Å². The molecule has 1 amide bonds. The van der Waals surface area contributed by atoms with E-state index in [1.165, 1.54) is 15.9 Å². The number of carbonyl (C=O) groups excluding carboxylic acids is 2. The van der Waals surface area contributed by atoms with Crippen LogP contribution >= 0.6 is 22.6 Å². The van der Waals surface area contributed by atoms with Gasteiger partial charge in [-0.05, 0) is 143 Å². The van der Waals surface area contributed by atoms with Crippen molar-refractivity contribution in [3.05, 3.63) is 95.5 Å². The number of benzene rings is 2. The van der Waals surface area contributed by atoms with Crippen LogP contribution in [0.4, 0.5) is 0 Å². The van der Waals surface area contributed by atoms with Gasteiger partial charge in [0.2, 0.25) is 5.76 Å². The number of halogens is 1. The van der Waals surface area contributed by atoms with Gasteiger partial charge < -0.3 is 51.6 Å². The molecule has 6 aliphatic rings. The van der Waals surface area contributed by atoms with Crippen molar-refractivity contribution in [3.8, 4) is 0 Å². The molecule has 16 heteroatoms. The maximum Gasteiger partial charge on any atom is 0.329 e. The first-order valence-corrected chi connectivity index (χ1v) is 38.1. The normalized spacial score (nSPS) is 35.7. The molecule has 4 bridgehead atoms. The molecule has 2 aromatic rings. The summed E-state index contributed by atoms with van der Waals surface area (Å²) in [5, 5.41) is 2.29. The maximum absolute atomic E-state index is 15.9. The number of ether oxygens (including phenoxy) is 8. The number of alkyl halides is 1. The Morgan fingerprint density at radius 3 is 2.02 bits per heavy atom. The fourth-order valence-corrected chi connectivity index (χ4v) is 23.4. The van der Waals surface area contributed by atoms with E-state index in [-0.39, 0.29) is 74.6 Å². The molecule has 1 aliphatic carbocycles. The molecule has 4 saturated heterocycles. The molecule has 2 aromatic carbocycles. The average molecular weight is 1320 g/mol. The van der Waals surface area contributed by atoms with Crippen LogP contribution in [0.15, 0.2) is 95.5 Å². The molecule has 85 heavy (non-hydrogen) atoms. The summed E-state index contributed by atoms with van der Waals surface area (Å²) in [6, 6.07) is 23.3. The average Bonchev–Trinajstić information content (AvgIpc) is 0.959. The molecule has 8 rings (SSSR count). The summed E-state index contributed by atoms with van der Waals surface area (Å²) >= 11 is 2.53. The Balaban J connectivity index is 1.21. The van der Waals surface area contributed by atoms with Crippen LogP contribution in [-0.2, 0) is 56.3 Å². The monoisotopic (exact) mass is 1320 g/mol. The number of hydrogen-bond donors (Lipinski definition) is 0. The van der Waals surface area contributed by atoms with E-state index in [1.807, 2.05) is 21.0 Å². The van der Waals surface area contributed by atoms with Crippen LogP contribution in [0.5, 0.6) is 0 Å². The summed E-state index contributed by atoms with van der Waals surface area (Å²) in [5.74, 6) is -2.38. The lowest BCUT2D eigenvalue weighted by molar-refractivity contribution is -0.422. The van der Waals surface area contributed by atoms with Gasteiger partial charge in [-0.25, -0.2) is 4.79 Å². The van der Waals surface area contributed by atoms with Crippen molar-refractivity contribution in [2.45, 2.75) is 248 Å². The van der Waals surface area contributed by atoms with E-state index in [2.05, 4.69) is 172 Å². The van der Waals surface area contributed by atoms with E-state index in [0.29, 0.717) is 44.6 Å². The summed E-state index contributed by atoms with van der Waals surface area (Å²) in [4.78, 5) is 33.4. The maximum atomic E-state index is 15.9. The van der Waals surface area contributed by atoms with Crippen LogP contribution in [-0.4, -0.2) is 132 Å². The largest absolute Gasteiger partial charge is 0.538 e. The van der Waals surface area contributed by atoms with Gasteiger partial charge in [0.05, 0.1) is 37.1 Å². The molecule has 0 unspecified atom stereocenters. The lowest BCUT2D eigenvalue weighted by Crippen LogP contribution is -2.68. The molecular weight excluding hydrogens is 1220 g/mol. The highest BCUT2D eigenvalue weighted by atomic mass is 127. The standard InChI is InChI=1S/C69H106INO12Si2/c1-17-84(18-2,19-3)82-64-62-48(7)40-59(76-16)63(78-62)58(75-15)38-46(5)36-45(4)37-51-42-52(70)44-77-69(51)43-60(80-68(12,13)83-69)49(8)61(79-66(73)55-32-26-27-35-71(55)65(64)72)47(6)39-50-33-34-56(57(41-50)74-14)81-85(67(9,10)11,53-28-22-20-23-29-53)54-30-24-21-25-31-54/h20-25,28-31,37,39,46,48-52,55-61,63H,17-19,26-27,32-36,38,40-44H2,1-16H3/b45-37-,47-39+,64-62+/t46-,48+,49+,50-,51-,52-,55-,56+,57+,58-,59-,60-,61+,63+,69+/m0/s1. The van der Waals surface area contributed by atoms with Crippen molar-refractivity contribution >= 4 is 61.5 Å². The van der Waals surface area contributed by atoms with Gasteiger partial charge in [0, 0.05) is 56.0 Å². The number of cyclic esters (lactones) is 1. The highest BCUT2D eigenvalue weighted by molar-refractivity contribution is 14.1. The number of methoxy groups -OCH3 is 3. The first kappa shape index (κ1) is 68.0. The van der Waals surface area contributed by atoms with Gasteiger partial charge in [0.1, 0.15) is 17.9 Å². The fourth-order valence-electron chi connectivity index (χ4n) is 15.4. The number of rotatable bonds is 14. The number of fused-ring (bicyclic) bond motifs is 4. The molecule has 1 spiro atoms. The highest BCUT2D eigenvalue weighted by Crippen LogP contribution is 2.50. The van der Waals surface area contributed by atoms with E-state index in [9.17, 15) is 0 Å². The van der Waals surface area contributed by atoms with Crippen molar-refractivity contribution in [1.29, 1.82) is 0 Å². The second-order valence-electron chi connectivity index (χ2n) is 27.6. The van der Waals surface area contributed by atoms with Crippen LogP contribution in [0.3, 0.4) is 0 Å². The molecule has 1 saturated carbocycles. The Morgan fingerprint density at radius 1 is 0.800 bits per heavy atom. The third-order valence-electron chi connectivity index (χ3n) is 20.1. The Bertz CT molecular complexity index is 2580. The molecule has 13 nitrogen and oxygen atoms in total. The molecule has 0 radical (unpaired) electrons. The lowest BCUT2D eigenvalue weighted by atomic mass is 9.79. The van der Waals surface area contributed by atoms with E-state index < -0.39 is 58.5 Å².